The second-order valence-electron chi connectivity index (χ2n) is 7.27. The highest BCUT2D eigenvalue weighted by Crippen LogP contribution is 2.21. The van der Waals surface area contributed by atoms with E-state index in [9.17, 15) is 9.18 Å². The lowest BCUT2D eigenvalue weighted by atomic mass is 10.1. The van der Waals surface area contributed by atoms with Gasteiger partial charge in [-0.3, -0.25) is 14.8 Å². The van der Waals surface area contributed by atoms with Gasteiger partial charge in [-0.25, -0.2) is 9.37 Å². The fourth-order valence-electron chi connectivity index (χ4n) is 3.10. The number of amidine groups is 1. The third kappa shape index (κ3) is 6.26. The number of halogens is 1. The summed E-state index contributed by atoms with van der Waals surface area (Å²) in [6.45, 7) is 1.97. The molecule has 0 unspecified atom stereocenters. The van der Waals surface area contributed by atoms with Gasteiger partial charge in [0, 0.05) is 42.3 Å². The summed E-state index contributed by atoms with van der Waals surface area (Å²) < 4.78 is 13.9. The van der Waals surface area contributed by atoms with Crippen LogP contribution in [0.25, 0.3) is 11.3 Å². The minimum Gasteiger partial charge on any atom is -0.404 e. The maximum atomic E-state index is 13.9. The molecule has 0 bridgehead atoms. The molecule has 1 amide bonds. The predicted molar refractivity (Wildman–Crippen MR) is 133 cm³/mol. The quantitative estimate of drug-likeness (QED) is 0.233. The SMILES string of the molecule is CNC(=O)C(=CN)c1cc(/C(=C/C(N)=NCc2ccccc2F)Nc2cccc(C)n2)ccn1. The Balaban J connectivity index is 2.00. The highest BCUT2D eigenvalue weighted by Gasteiger charge is 2.14. The first-order valence-electron chi connectivity index (χ1n) is 10.5. The molecule has 0 aliphatic rings. The zero-order valence-electron chi connectivity index (χ0n) is 18.9. The van der Waals surface area contributed by atoms with Gasteiger partial charge in [0.05, 0.1) is 23.5 Å². The number of carbonyl (C=O) groups excluding carboxylic acids is 1. The Morgan fingerprint density at radius 2 is 1.97 bits per heavy atom. The second-order valence-corrected chi connectivity index (χ2v) is 7.27. The Bertz CT molecular complexity index is 1270. The number of benzene rings is 1. The van der Waals surface area contributed by atoms with Crippen molar-refractivity contribution in [1.82, 2.24) is 15.3 Å². The molecule has 0 aliphatic heterocycles. The average molecular weight is 460 g/mol. The van der Waals surface area contributed by atoms with Crippen LogP contribution in [0.2, 0.25) is 0 Å². The number of amides is 1. The fourth-order valence-corrected chi connectivity index (χ4v) is 3.10. The molecule has 3 rings (SSSR count). The van der Waals surface area contributed by atoms with Crippen LogP contribution in [0.3, 0.4) is 0 Å². The van der Waals surface area contributed by atoms with E-state index in [1.165, 1.54) is 19.3 Å². The molecule has 9 heteroatoms. The van der Waals surface area contributed by atoms with Crippen LogP contribution in [0.4, 0.5) is 10.2 Å². The van der Waals surface area contributed by atoms with Crippen LogP contribution in [0.15, 0.2) is 78.1 Å². The summed E-state index contributed by atoms with van der Waals surface area (Å²) in [7, 11) is 1.51. The summed E-state index contributed by atoms with van der Waals surface area (Å²) in [4.78, 5) is 25.2. The largest absolute Gasteiger partial charge is 0.404 e. The molecule has 0 saturated heterocycles. The van der Waals surface area contributed by atoms with Gasteiger partial charge in [0.25, 0.3) is 5.91 Å². The van der Waals surface area contributed by atoms with E-state index in [4.69, 9.17) is 11.5 Å². The number of likely N-dealkylation sites (N-methyl/N-ethyl adjacent to an activating group) is 1. The van der Waals surface area contributed by atoms with Crippen molar-refractivity contribution in [2.75, 3.05) is 12.4 Å². The van der Waals surface area contributed by atoms with Gasteiger partial charge in [0.1, 0.15) is 17.5 Å². The normalized spacial score (nSPS) is 12.4. The van der Waals surface area contributed by atoms with Crippen molar-refractivity contribution in [2.45, 2.75) is 13.5 Å². The molecule has 0 saturated carbocycles. The Labute approximate surface area is 197 Å². The number of hydrogen-bond acceptors (Lipinski definition) is 6. The number of aromatic nitrogens is 2. The van der Waals surface area contributed by atoms with E-state index in [2.05, 4.69) is 25.6 Å². The summed E-state index contributed by atoms with van der Waals surface area (Å²) in [5, 5.41) is 5.78. The average Bonchev–Trinajstić information content (AvgIpc) is 2.83. The minimum absolute atomic E-state index is 0.0866. The number of pyridine rings is 2. The number of nitrogens with one attached hydrogen (secondary N) is 2. The Kier molecular flexibility index (Phi) is 8.07. The maximum absolute atomic E-state index is 13.9. The zero-order chi connectivity index (χ0) is 24.5. The first-order chi connectivity index (χ1) is 16.4. The molecule has 3 aromatic rings. The molecular formula is C25H26FN7O. The smallest absolute Gasteiger partial charge is 0.254 e. The lowest BCUT2D eigenvalue weighted by Crippen LogP contribution is -2.20. The molecule has 174 valence electrons. The standard InChI is InChI=1S/C25H26FN7O/c1-16-6-5-9-24(32-16)33-21(13-23(28)31-15-18-7-3-4-8-20(18)26)17-10-11-30-22(12-17)19(14-27)25(34)29-2/h3-14H,15,27H2,1-2H3,(H2,28,31)(H,29,34)(H,32,33)/b19-14?,21-13-. The van der Waals surface area contributed by atoms with Crippen molar-refractivity contribution >= 4 is 28.8 Å². The van der Waals surface area contributed by atoms with Gasteiger partial charge >= 0.3 is 0 Å². The van der Waals surface area contributed by atoms with Crippen LogP contribution < -0.4 is 22.1 Å². The molecular weight excluding hydrogens is 433 g/mol. The number of hydrogen-bond donors (Lipinski definition) is 4. The molecule has 1 aromatic carbocycles. The summed E-state index contributed by atoms with van der Waals surface area (Å²) in [5.41, 5.74) is 14.9. The molecule has 0 radical (unpaired) electrons. The number of nitrogens with two attached hydrogens (primary N) is 2. The molecule has 34 heavy (non-hydrogen) atoms. The summed E-state index contributed by atoms with van der Waals surface area (Å²) in [5.74, 6) is 0.0569. The van der Waals surface area contributed by atoms with E-state index >= 15 is 0 Å². The number of carbonyl (C=O) groups is 1. The van der Waals surface area contributed by atoms with Gasteiger partial charge in [-0.15, -0.1) is 0 Å². The van der Waals surface area contributed by atoms with Gasteiger partial charge in [-0.05, 0) is 37.3 Å². The van der Waals surface area contributed by atoms with Crippen molar-refractivity contribution in [3.05, 3.63) is 101 Å². The van der Waals surface area contributed by atoms with E-state index < -0.39 is 0 Å². The van der Waals surface area contributed by atoms with Gasteiger partial charge in [0.2, 0.25) is 0 Å². The van der Waals surface area contributed by atoms with E-state index in [0.717, 1.165) is 5.69 Å². The highest BCUT2D eigenvalue weighted by molar-refractivity contribution is 6.18. The molecule has 2 heterocycles. The summed E-state index contributed by atoms with van der Waals surface area (Å²) in [6.07, 6.45) is 4.38. The van der Waals surface area contributed by atoms with Crippen LogP contribution in [0, 0.1) is 12.7 Å². The maximum Gasteiger partial charge on any atom is 0.254 e. The highest BCUT2D eigenvalue weighted by atomic mass is 19.1. The number of rotatable bonds is 8. The van der Waals surface area contributed by atoms with E-state index in [0.29, 0.717) is 28.3 Å². The molecule has 0 atom stereocenters. The van der Waals surface area contributed by atoms with Crippen LogP contribution >= 0.6 is 0 Å². The molecule has 0 spiro atoms. The van der Waals surface area contributed by atoms with Crippen LogP contribution in [-0.4, -0.2) is 28.8 Å². The first kappa shape index (κ1) is 24.1. The van der Waals surface area contributed by atoms with Gasteiger partial charge in [-0.1, -0.05) is 24.3 Å². The molecule has 0 fully saturated rings. The van der Waals surface area contributed by atoms with Crippen molar-refractivity contribution in [1.29, 1.82) is 0 Å². The zero-order valence-corrected chi connectivity index (χ0v) is 18.9. The topological polar surface area (TPSA) is 131 Å². The molecule has 8 nitrogen and oxygen atoms in total. The van der Waals surface area contributed by atoms with Gasteiger partial charge in [0.15, 0.2) is 0 Å². The van der Waals surface area contributed by atoms with Crippen molar-refractivity contribution in [3.63, 3.8) is 0 Å². The minimum atomic E-state index is -0.364. The van der Waals surface area contributed by atoms with E-state index in [-0.39, 0.29) is 29.7 Å². The number of anilines is 1. The third-order valence-electron chi connectivity index (χ3n) is 4.82. The van der Waals surface area contributed by atoms with Crippen LogP contribution in [0.5, 0.6) is 0 Å². The lowest BCUT2D eigenvalue weighted by molar-refractivity contribution is -0.115. The van der Waals surface area contributed by atoms with Crippen LogP contribution in [-0.2, 0) is 11.3 Å². The number of aliphatic imine (C=N–C) groups is 1. The lowest BCUT2D eigenvalue weighted by Gasteiger charge is -2.13. The van der Waals surface area contributed by atoms with Crippen molar-refractivity contribution < 1.29 is 9.18 Å². The predicted octanol–water partition coefficient (Wildman–Crippen LogP) is 2.98. The Morgan fingerprint density at radius 1 is 1.18 bits per heavy atom. The fraction of sp³-hybridized carbons (Fsp3) is 0.120. The van der Waals surface area contributed by atoms with E-state index in [1.807, 2.05) is 25.1 Å². The van der Waals surface area contributed by atoms with Crippen LogP contribution in [0.1, 0.15) is 22.5 Å². The number of aryl methyl sites for hydroxylation is 1. The number of nitrogens with zero attached hydrogens (tertiary/aromatic N) is 3. The third-order valence-corrected chi connectivity index (χ3v) is 4.82. The first-order valence-corrected chi connectivity index (χ1v) is 10.5. The van der Waals surface area contributed by atoms with Crippen molar-refractivity contribution in [2.24, 2.45) is 16.5 Å². The molecule has 2 aromatic heterocycles. The second kappa shape index (κ2) is 11.4. The molecule has 6 N–H and O–H groups in total. The molecule has 0 aliphatic carbocycles. The monoisotopic (exact) mass is 459 g/mol. The summed E-state index contributed by atoms with van der Waals surface area (Å²) in [6, 6.07) is 15.4. The van der Waals surface area contributed by atoms with Crippen molar-refractivity contribution in [3.8, 4) is 0 Å². The van der Waals surface area contributed by atoms with E-state index in [1.54, 1.807) is 42.6 Å². The van der Waals surface area contributed by atoms with Gasteiger partial charge < -0.3 is 22.1 Å². The summed E-state index contributed by atoms with van der Waals surface area (Å²) >= 11 is 0. The Morgan fingerprint density at radius 3 is 2.68 bits per heavy atom. The Hall–Kier alpha value is -4.53. The van der Waals surface area contributed by atoms with Gasteiger partial charge in [-0.2, -0.15) is 0 Å².